The topological polar surface area (TPSA) is 59.4 Å². The molecule has 2 rings (SSSR count). The van der Waals surface area contributed by atoms with Crippen molar-refractivity contribution in [1.29, 1.82) is 0 Å². The second-order valence-corrected chi connectivity index (χ2v) is 4.61. The number of hydrogen-bond acceptors (Lipinski definition) is 3. The smallest absolute Gasteiger partial charge is 0.135 e. The van der Waals surface area contributed by atoms with Crippen LogP contribution in [0.1, 0.15) is 34.5 Å². The van der Waals surface area contributed by atoms with Gasteiger partial charge in [-0.3, -0.25) is 0 Å². The Balaban J connectivity index is 2.35. The Morgan fingerprint density at radius 1 is 1.17 bits per heavy atom. The van der Waals surface area contributed by atoms with Crippen LogP contribution >= 0.6 is 0 Å². The van der Waals surface area contributed by atoms with E-state index in [9.17, 15) is 5.11 Å². The molecule has 0 bridgehead atoms. The largest absolute Gasteiger partial charge is 0.466 e. The van der Waals surface area contributed by atoms with Crippen molar-refractivity contribution in [1.82, 2.24) is 0 Å². The lowest BCUT2D eigenvalue weighted by atomic mass is 9.88. The minimum Gasteiger partial charge on any atom is -0.466 e. The molecule has 0 radical (unpaired) electrons. The predicted molar refractivity (Wildman–Crippen MR) is 71.4 cm³/mol. The molecule has 2 atom stereocenters. The molecule has 2 unspecified atom stereocenters. The van der Waals surface area contributed by atoms with Gasteiger partial charge in [-0.1, -0.05) is 24.3 Å². The van der Waals surface area contributed by atoms with Crippen molar-refractivity contribution in [2.45, 2.75) is 25.9 Å². The summed E-state index contributed by atoms with van der Waals surface area (Å²) in [6.45, 7) is 4.33. The molecule has 0 fully saturated rings. The summed E-state index contributed by atoms with van der Waals surface area (Å²) in [4.78, 5) is 0. The lowest BCUT2D eigenvalue weighted by Crippen LogP contribution is -2.21. The van der Waals surface area contributed by atoms with Crippen LogP contribution in [0.5, 0.6) is 0 Å². The normalized spacial score (nSPS) is 14.4. The van der Waals surface area contributed by atoms with E-state index >= 15 is 0 Å². The van der Waals surface area contributed by atoms with Crippen LogP contribution in [0.4, 0.5) is 0 Å². The van der Waals surface area contributed by atoms with Crippen LogP contribution in [0.15, 0.2) is 41.0 Å². The summed E-state index contributed by atoms with van der Waals surface area (Å²) < 4.78 is 5.36. The summed E-state index contributed by atoms with van der Waals surface area (Å²) in [5, 5.41) is 10.5. The molecule has 1 heterocycles. The maximum absolute atomic E-state index is 10.5. The number of aryl methyl sites for hydroxylation is 2. The highest BCUT2D eigenvalue weighted by Gasteiger charge is 2.26. The number of aliphatic hydroxyl groups excluding tert-OH is 1. The summed E-state index contributed by atoms with van der Waals surface area (Å²) in [5.41, 5.74) is 8.99. The van der Waals surface area contributed by atoms with Crippen LogP contribution in [0.2, 0.25) is 0 Å². The van der Waals surface area contributed by atoms with Crippen LogP contribution in [-0.2, 0) is 0 Å². The van der Waals surface area contributed by atoms with E-state index in [0.717, 1.165) is 16.7 Å². The Morgan fingerprint density at radius 2 is 1.89 bits per heavy atom. The first kappa shape index (κ1) is 12.9. The van der Waals surface area contributed by atoms with E-state index in [1.165, 1.54) is 0 Å². The molecule has 1 aromatic heterocycles. The minimum absolute atomic E-state index is 0.143. The average molecular weight is 245 g/mol. The molecule has 1 aromatic carbocycles. The zero-order valence-corrected chi connectivity index (χ0v) is 10.8. The third-order valence-corrected chi connectivity index (χ3v) is 3.39. The first-order valence-corrected chi connectivity index (χ1v) is 6.12. The van der Waals surface area contributed by atoms with E-state index in [1.54, 1.807) is 6.26 Å². The van der Waals surface area contributed by atoms with E-state index in [-0.39, 0.29) is 5.92 Å². The van der Waals surface area contributed by atoms with Crippen molar-refractivity contribution in [2.24, 2.45) is 5.73 Å². The van der Waals surface area contributed by atoms with Crippen molar-refractivity contribution in [3.63, 3.8) is 0 Å². The fourth-order valence-corrected chi connectivity index (χ4v) is 2.30. The van der Waals surface area contributed by atoms with Gasteiger partial charge in [0.2, 0.25) is 0 Å². The summed E-state index contributed by atoms with van der Waals surface area (Å²) >= 11 is 0. The highest BCUT2D eigenvalue weighted by Crippen LogP contribution is 2.33. The lowest BCUT2D eigenvalue weighted by molar-refractivity contribution is 0.121. The molecule has 0 spiro atoms. The van der Waals surface area contributed by atoms with Crippen molar-refractivity contribution in [2.75, 3.05) is 6.54 Å². The van der Waals surface area contributed by atoms with E-state index < -0.39 is 6.10 Å². The molecule has 0 aliphatic carbocycles. The zero-order valence-electron chi connectivity index (χ0n) is 10.8. The van der Waals surface area contributed by atoms with Crippen molar-refractivity contribution in [3.8, 4) is 0 Å². The van der Waals surface area contributed by atoms with Gasteiger partial charge in [-0.05, 0) is 36.6 Å². The van der Waals surface area contributed by atoms with Gasteiger partial charge in [0.15, 0.2) is 0 Å². The molecule has 3 N–H and O–H groups in total. The summed E-state index contributed by atoms with van der Waals surface area (Å²) in [5.74, 6) is 0.463. The molecule has 0 aliphatic heterocycles. The van der Waals surface area contributed by atoms with E-state index in [1.807, 2.05) is 44.2 Å². The van der Waals surface area contributed by atoms with Gasteiger partial charge < -0.3 is 15.3 Å². The van der Waals surface area contributed by atoms with Gasteiger partial charge in [-0.25, -0.2) is 0 Å². The lowest BCUT2D eigenvalue weighted by Gasteiger charge is -2.22. The fraction of sp³-hybridized carbons (Fsp3) is 0.333. The first-order chi connectivity index (χ1) is 8.65. The van der Waals surface area contributed by atoms with Crippen molar-refractivity contribution in [3.05, 3.63) is 59.0 Å². The van der Waals surface area contributed by atoms with Crippen LogP contribution in [0.25, 0.3) is 0 Å². The molecule has 0 saturated heterocycles. The van der Waals surface area contributed by atoms with Crippen LogP contribution in [-0.4, -0.2) is 11.7 Å². The Hall–Kier alpha value is -1.58. The molecule has 18 heavy (non-hydrogen) atoms. The zero-order chi connectivity index (χ0) is 13.1. The Bertz CT molecular complexity index is 519. The molecular weight excluding hydrogens is 226 g/mol. The second-order valence-electron chi connectivity index (χ2n) is 4.61. The van der Waals surface area contributed by atoms with Crippen LogP contribution < -0.4 is 5.73 Å². The molecule has 3 nitrogen and oxygen atoms in total. The summed E-state index contributed by atoms with van der Waals surface area (Å²) in [7, 11) is 0. The molecular formula is C15H19NO2. The standard InChI is InChI=1S/C15H19NO2/c1-10-5-3-4-6-12(10)13(9-16)14(17)15-11(2)7-8-18-15/h3-8,13-14,17H,9,16H2,1-2H3. The third kappa shape index (κ3) is 2.33. The summed E-state index contributed by atoms with van der Waals surface area (Å²) in [6.07, 6.45) is 0.894. The fourth-order valence-electron chi connectivity index (χ4n) is 2.30. The van der Waals surface area contributed by atoms with Gasteiger partial charge in [0.05, 0.1) is 6.26 Å². The Labute approximate surface area is 107 Å². The van der Waals surface area contributed by atoms with Gasteiger partial charge in [0, 0.05) is 12.5 Å². The predicted octanol–water partition coefficient (Wildman–Crippen LogP) is 2.67. The van der Waals surface area contributed by atoms with Crippen molar-refractivity contribution >= 4 is 0 Å². The number of benzene rings is 1. The molecule has 2 aromatic rings. The third-order valence-electron chi connectivity index (χ3n) is 3.39. The number of aliphatic hydroxyl groups is 1. The van der Waals surface area contributed by atoms with Crippen LogP contribution in [0, 0.1) is 13.8 Å². The van der Waals surface area contributed by atoms with Gasteiger partial charge in [0.25, 0.3) is 0 Å². The molecule has 3 heteroatoms. The van der Waals surface area contributed by atoms with Gasteiger partial charge in [0.1, 0.15) is 11.9 Å². The van der Waals surface area contributed by atoms with Crippen molar-refractivity contribution < 1.29 is 9.52 Å². The number of nitrogens with two attached hydrogens (primary N) is 1. The summed E-state index contributed by atoms with van der Waals surface area (Å²) in [6, 6.07) is 9.84. The number of furan rings is 1. The Kier molecular flexibility index (Phi) is 3.84. The quantitative estimate of drug-likeness (QED) is 0.870. The number of rotatable bonds is 4. The molecule has 0 saturated carbocycles. The van der Waals surface area contributed by atoms with E-state index in [0.29, 0.717) is 12.3 Å². The SMILES string of the molecule is Cc1ccccc1C(CN)C(O)c1occc1C. The Morgan fingerprint density at radius 3 is 2.44 bits per heavy atom. The number of hydrogen-bond donors (Lipinski definition) is 2. The highest BCUT2D eigenvalue weighted by atomic mass is 16.4. The van der Waals surface area contributed by atoms with Gasteiger partial charge >= 0.3 is 0 Å². The maximum atomic E-state index is 10.5. The molecule has 96 valence electrons. The van der Waals surface area contributed by atoms with Gasteiger partial charge in [-0.2, -0.15) is 0 Å². The monoisotopic (exact) mass is 245 g/mol. The first-order valence-electron chi connectivity index (χ1n) is 6.12. The van der Waals surface area contributed by atoms with E-state index in [4.69, 9.17) is 10.2 Å². The maximum Gasteiger partial charge on any atom is 0.135 e. The van der Waals surface area contributed by atoms with Gasteiger partial charge in [-0.15, -0.1) is 0 Å². The molecule has 0 amide bonds. The highest BCUT2D eigenvalue weighted by molar-refractivity contribution is 5.32. The average Bonchev–Trinajstić information content (AvgIpc) is 2.78. The molecule has 0 aliphatic rings. The second kappa shape index (κ2) is 5.38. The van der Waals surface area contributed by atoms with E-state index in [2.05, 4.69) is 0 Å². The van der Waals surface area contributed by atoms with Crippen LogP contribution in [0.3, 0.4) is 0 Å². The minimum atomic E-state index is -0.703.